The van der Waals surface area contributed by atoms with Gasteiger partial charge in [-0.15, -0.1) is 21.5 Å². The summed E-state index contributed by atoms with van der Waals surface area (Å²) in [5.74, 6) is 0.598. The summed E-state index contributed by atoms with van der Waals surface area (Å²) in [4.78, 5) is 5.07. The van der Waals surface area contributed by atoms with E-state index in [1.807, 2.05) is 43.3 Å². The Morgan fingerprint density at radius 3 is 2.48 bits per heavy atom. The van der Waals surface area contributed by atoms with Gasteiger partial charge in [-0.2, -0.15) is 9.61 Å². The van der Waals surface area contributed by atoms with E-state index in [-0.39, 0.29) is 4.21 Å². The molecule has 0 unspecified atom stereocenters. The van der Waals surface area contributed by atoms with Crippen LogP contribution in [0, 0.1) is 6.92 Å². The highest BCUT2D eigenvalue weighted by Crippen LogP contribution is 2.26. The molecule has 0 aliphatic heterocycles. The molecule has 0 atom stereocenters. The summed E-state index contributed by atoms with van der Waals surface area (Å²) in [7, 11) is -3.60. The van der Waals surface area contributed by atoms with Crippen molar-refractivity contribution in [2.24, 2.45) is 0 Å². The molecule has 0 saturated heterocycles. The van der Waals surface area contributed by atoms with E-state index in [1.165, 1.54) is 11.3 Å². The maximum atomic E-state index is 12.5. The van der Waals surface area contributed by atoms with E-state index in [2.05, 4.69) is 25.0 Å². The highest BCUT2D eigenvalue weighted by atomic mass is 32.2. The summed E-state index contributed by atoms with van der Waals surface area (Å²) in [6, 6.07) is 17.9. The molecule has 1 aromatic carbocycles. The van der Waals surface area contributed by atoms with Crippen LogP contribution >= 0.6 is 11.3 Å². The number of sulfonamides is 1. The van der Waals surface area contributed by atoms with Crippen LogP contribution < -0.4 is 4.72 Å². The molecule has 31 heavy (non-hydrogen) atoms. The lowest BCUT2D eigenvalue weighted by molar-refractivity contribution is 0.603. The minimum absolute atomic E-state index is 0.289. The second-order valence-corrected chi connectivity index (χ2v) is 10.00. The average molecular weight is 449 g/mol. The zero-order valence-corrected chi connectivity index (χ0v) is 17.9. The topological polar surface area (TPSA) is 102 Å². The summed E-state index contributed by atoms with van der Waals surface area (Å²) in [6.45, 7) is 1.87. The molecular formula is C21H16N6O2S2. The van der Waals surface area contributed by atoms with Gasteiger partial charge in [-0.25, -0.2) is 8.42 Å². The third kappa shape index (κ3) is 3.78. The molecule has 5 aromatic rings. The van der Waals surface area contributed by atoms with Crippen molar-refractivity contribution in [3.63, 3.8) is 0 Å². The number of aryl methyl sites for hydroxylation is 1. The highest BCUT2D eigenvalue weighted by molar-refractivity contribution is 7.94. The van der Waals surface area contributed by atoms with E-state index in [1.54, 1.807) is 41.2 Å². The number of benzene rings is 1. The number of nitrogens with zero attached hydrogens (tertiary/aromatic N) is 5. The molecule has 8 nitrogen and oxygen atoms in total. The zero-order chi connectivity index (χ0) is 21.4. The lowest BCUT2D eigenvalue weighted by atomic mass is 10.1. The molecule has 0 spiro atoms. The van der Waals surface area contributed by atoms with Crippen molar-refractivity contribution in [3.8, 4) is 22.6 Å². The SMILES string of the molecule is Cc1ccc(S(=O)(=O)Nc2ccc(-c3ccc4nnc(-c5cccnc5)n4n3)cc2)s1. The molecule has 0 radical (unpaired) electrons. The number of anilines is 1. The second kappa shape index (κ2) is 7.56. The van der Waals surface area contributed by atoms with Gasteiger partial charge < -0.3 is 0 Å². The zero-order valence-electron chi connectivity index (χ0n) is 16.3. The van der Waals surface area contributed by atoms with E-state index in [0.29, 0.717) is 22.9 Å². The molecule has 0 fully saturated rings. The van der Waals surface area contributed by atoms with Crippen LogP contribution in [0.2, 0.25) is 0 Å². The predicted octanol–water partition coefficient (Wildman–Crippen LogP) is 4.02. The fourth-order valence-electron chi connectivity index (χ4n) is 3.09. The van der Waals surface area contributed by atoms with Crippen molar-refractivity contribution < 1.29 is 8.42 Å². The van der Waals surface area contributed by atoms with Crippen LogP contribution in [0.5, 0.6) is 0 Å². The molecule has 5 rings (SSSR count). The third-order valence-corrected chi connectivity index (χ3v) is 7.47. The summed E-state index contributed by atoms with van der Waals surface area (Å²) >= 11 is 1.24. The first-order chi connectivity index (χ1) is 15.0. The Balaban J connectivity index is 1.44. The number of hydrogen-bond donors (Lipinski definition) is 1. The lowest BCUT2D eigenvalue weighted by Crippen LogP contribution is -2.11. The maximum absolute atomic E-state index is 12.5. The van der Waals surface area contributed by atoms with E-state index in [4.69, 9.17) is 0 Å². The smallest absolute Gasteiger partial charge is 0.271 e. The summed E-state index contributed by atoms with van der Waals surface area (Å²) in [5.41, 5.74) is 3.46. The van der Waals surface area contributed by atoms with Gasteiger partial charge in [0.2, 0.25) is 0 Å². The van der Waals surface area contributed by atoms with Gasteiger partial charge in [0, 0.05) is 34.1 Å². The average Bonchev–Trinajstić information content (AvgIpc) is 3.41. The normalized spacial score (nSPS) is 11.6. The molecule has 4 heterocycles. The fraction of sp³-hybridized carbons (Fsp3) is 0.0476. The van der Waals surface area contributed by atoms with Gasteiger partial charge >= 0.3 is 0 Å². The lowest BCUT2D eigenvalue weighted by Gasteiger charge is -2.08. The van der Waals surface area contributed by atoms with Gasteiger partial charge in [-0.3, -0.25) is 9.71 Å². The number of pyridine rings is 1. The van der Waals surface area contributed by atoms with Crippen molar-refractivity contribution in [1.82, 2.24) is 24.8 Å². The van der Waals surface area contributed by atoms with E-state index >= 15 is 0 Å². The van der Waals surface area contributed by atoms with Gasteiger partial charge in [0.25, 0.3) is 10.0 Å². The van der Waals surface area contributed by atoms with Gasteiger partial charge in [-0.05, 0) is 55.5 Å². The van der Waals surface area contributed by atoms with Crippen LogP contribution in [-0.2, 0) is 10.0 Å². The standard InChI is InChI=1S/C21H16N6O2S2/c1-14-4-11-20(30-14)31(28,29)26-17-7-5-15(6-8-17)18-9-10-19-23-24-21(27(19)25-18)16-3-2-12-22-13-16/h2-13,26H,1H3. The minimum atomic E-state index is -3.60. The Labute approximate surface area is 182 Å². The molecule has 0 aliphatic rings. The Morgan fingerprint density at radius 1 is 0.935 bits per heavy atom. The summed E-state index contributed by atoms with van der Waals surface area (Å²) in [5, 5.41) is 13.0. The van der Waals surface area contributed by atoms with Gasteiger partial charge in [0.05, 0.1) is 5.69 Å². The van der Waals surface area contributed by atoms with Crippen LogP contribution in [0.3, 0.4) is 0 Å². The number of aromatic nitrogens is 5. The molecule has 0 bridgehead atoms. The molecule has 10 heteroatoms. The molecule has 0 amide bonds. The van der Waals surface area contributed by atoms with Gasteiger partial charge in [-0.1, -0.05) is 12.1 Å². The molecule has 4 aromatic heterocycles. The van der Waals surface area contributed by atoms with Crippen molar-refractivity contribution in [2.75, 3.05) is 4.72 Å². The van der Waals surface area contributed by atoms with E-state index in [0.717, 1.165) is 16.0 Å². The number of rotatable bonds is 5. The molecule has 154 valence electrons. The second-order valence-electron chi connectivity index (χ2n) is 6.80. The van der Waals surface area contributed by atoms with Crippen molar-refractivity contribution in [1.29, 1.82) is 0 Å². The Kier molecular flexibility index (Phi) is 4.72. The molecule has 0 saturated carbocycles. The first-order valence-electron chi connectivity index (χ1n) is 9.32. The number of nitrogens with one attached hydrogen (secondary N) is 1. The van der Waals surface area contributed by atoms with Crippen molar-refractivity contribution in [3.05, 3.63) is 77.9 Å². The Bertz CT molecular complexity index is 1480. The fourth-order valence-corrected chi connectivity index (χ4v) is 5.43. The first kappa shape index (κ1) is 19.3. The van der Waals surface area contributed by atoms with E-state index < -0.39 is 10.0 Å². The first-order valence-corrected chi connectivity index (χ1v) is 11.6. The third-order valence-electron chi connectivity index (χ3n) is 4.60. The van der Waals surface area contributed by atoms with Crippen LogP contribution in [0.1, 0.15) is 4.88 Å². The Hall–Kier alpha value is -3.63. The molecule has 0 aliphatic carbocycles. The maximum Gasteiger partial charge on any atom is 0.271 e. The van der Waals surface area contributed by atoms with Crippen LogP contribution in [0.15, 0.2) is 77.3 Å². The predicted molar refractivity (Wildman–Crippen MR) is 119 cm³/mol. The van der Waals surface area contributed by atoms with Crippen molar-refractivity contribution >= 4 is 32.7 Å². The quantitative estimate of drug-likeness (QED) is 0.436. The van der Waals surface area contributed by atoms with Crippen LogP contribution in [-0.4, -0.2) is 33.2 Å². The monoisotopic (exact) mass is 448 g/mol. The minimum Gasteiger partial charge on any atom is -0.279 e. The summed E-state index contributed by atoms with van der Waals surface area (Å²) in [6.07, 6.45) is 3.40. The summed E-state index contributed by atoms with van der Waals surface area (Å²) < 4.78 is 29.6. The van der Waals surface area contributed by atoms with Gasteiger partial charge in [0.15, 0.2) is 11.5 Å². The van der Waals surface area contributed by atoms with Crippen LogP contribution in [0.25, 0.3) is 28.3 Å². The largest absolute Gasteiger partial charge is 0.279 e. The number of fused-ring (bicyclic) bond motifs is 1. The number of hydrogen-bond acceptors (Lipinski definition) is 7. The van der Waals surface area contributed by atoms with E-state index in [9.17, 15) is 8.42 Å². The number of thiophene rings is 1. The highest BCUT2D eigenvalue weighted by Gasteiger charge is 2.16. The molecule has 1 N–H and O–H groups in total. The molecular weight excluding hydrogens is 432 g/mol. The van der Waals surface area contributed by atoms with Crippen LogP contribution in [0.4, 0.5) is 5.69 Å². The van der Waals surface area contributed by atoms with Gasteiger partial charge in [0.1, 0.15) is 4.21 Å². The Morgan fingerprint density at radius 2 is 1.77 bits per heavy atom. The van der Waals surface area contributed by atoms with Crippen molar-refractivity contribution in [2.45, 2.75) is 11.1 Å².